The number of carbonyl (C=O) groups is 3. The fourth-order valence-corrected chi connectivity index (χ4v) is 7.75. The monoisotopic (exact) mass is 390 g/mol. The van der Waals surface area contributed by atoms with Gasteiger partial charge in [0.2, 0.25) is 0 Å². The van der Waals surface area contributed by atoms with Gasteiger partial charge in [0.1, 0.15) is 18.0 Å². The molecule has 4 aliphatic carbocycles. The zero-order chi connectivity index (χ0) is 20.3. The van der Waals surface area contributed by atoms with Gasteiger partial charge < -0.3 is 9.47 Å². The molecule has 0 N–H and O–H groups in total. The highest BCUT2D eigenvalue weighted by Crippen LogP contribution is 2.66. The van der Waals surface area contributed by atoms with Crippen LogP contribution in [0.15, 0.2) is 0 Å². The number of Topliss-reactive ketones (excluding diaryl/α,β-unsaturated/α-hetero) is 1. The van der Waals surface area contributed by atoms with Crippen LogP contribution in [0.1, 0.15) is 79.1 Å². The standard InChI is InChI=1S/C23H34O5/c1-13(24)27-20-12-16-17-5-6-21(28-14(2)25)23(17,4)10-8-18(16)22(3)9-7-15(26)11-19(20)22/h16-21H,5-12H2,1-4H3/t16-,17-,18-,19+,20-,21-,22+,23-/m0/s1. The maximum Gasteiger partial charge on any atom is 0.302 e. The molecule has 5 nitrogen and oxygen atoms in total. The first-order valence-corrected chi connectivity index (χ1v) is 11.0. The Kier molecular flexibility index (Phi) is 4.86. The van der Waals surface area contributed by atoms with Gasteiger partial charge in [-0.15, -0.1) is 0 Å². The first kappa shape index (κ1) is 19.9. The van der Waals surface area contributed by atoms with Crippen LogP contribution in [0.4, 0.5) is 0 Å². The van der Waals surface area contributed by atoms with Crippen molar-refractivity contribution >= 4 is 17.7 Å². The van der Waals surface area contributed by atoms with E-state index < -0.39 is 0 Å². The van der Waals surface area contributed by atoms with E-state index >= 15 is 0 Å². The maximum atomic E-state index is 12.2. The largest absolute Gasteiger partial charge is 0.462 e. The Morgan fingerprint density at radius 1 is 0.893 bits per heavy atom. The fourth-order valence-electron chi connectivity index (χ4n) is 7.75. The minimum Gasteiger partial charge on any atom is -0.462 e. The average molecular weight is 391 g/mol. The van der Waals surface area contributed by atoms with E-state index in [0.717, 1.165) is 38.5 Å². The summed E-state index contributed by atoms with van der Waals surface area (Å²) in [5.41, 5.74) is 0.0685. The van der Waals surface area contributed by atoms with E-state index in [1.165, 1.54) is 13.8 Å². The molecule has 0 spiro atoms. The van der Waals surface area contributed by atoms with E-state index in [1.54, 1.807) is 0 Å². The highest BCUT2D eigenvalue weighted by Gasteiger charge is 2.63. The third kappa shape index (κ3) is 3.00. The van der Waals surface area contributed by atoms with Gasteiger partial charge in [0.05, 0.1) is 0 Å². The first-order chi connectivity index (χ1) is 13.1. The van der Waals surface area contributed by atoms with Gasteiger partial charge in [-0.2, -0.15) is 0 Å². The molecule has 5 heteroatoms. The second kappa shape index (κ2) is 6.84. The molecule has 0 radical (unpaired) electrons. The summed E-state index contributed by atoms with van der Waals surface area (Å²) < 4.78 is 11.6. The van der Waals surface area contributed by atoms with Crippen molar-refractivity contribution in [1.29, 1.82) is 0 Å². The Hall–Kier alpha value is -1.39. The van der Waals surface area contributed by atoms with Gasteiger partial charge in [-0.1, -0.05) is 13.8 Å². The SMILES string of the molecule is CC(=O)O[C@H]1C[C@@H]2[C@H](CC[C@]3(C)[C@@H](OC(C)=O)CC[C@@H]23)[C@@]2(C)CCC(=O)C[C@H]12. The molecule has 0 amide bonds. The molecule has 0 saturated heterocycles. The van der Waals surface area contributed by atoms with Crippen LogP contribution < -0.4 is 0 Å². The molecule has 0 bridgehead atoms. The zero-order valence-corrected chi connectivity index (χ0v) is 17.7. The number of fused-ring (bicyclic) bond motifs is 5. The second-order valence-electron chi connectivity index (χ2n) is 10.3. The molecule has 0 aromatic carbocycles. The van der Waals surface area contributed by atoms with Crippen molar-refractivity contribution in [3.05, 3.63) is 0 Å². The molecule has 156 valence electrons. The van der Waals surface area contributed by atoms with Crippen molar-refractivity contribution in [3.8, 4) is 0 Å². The van der Waals surface area contributed by atoms with Gasteiger partial charge in [0, 0.05) is 38.0 Å². The van der Waals surface area contributed by atoms with Crippen molar-refractivity contribution in [3.63, 3.8) is 0 Å². The number of ether oxygens (including phenoxy) is 2. The number of hydrogen-bond acceptors (Lipinski definition) is 5. The number of carbonyl (C=O) groups excluding carboxylic acids is 3. The van der Waals surface area contributed by atoms with Crippen molar-refractivity contribution in [1.82, 2.24) is 0 Å². The smallest absolute Gasteiger partial charge is 0.302 e. The van der Waals surface area contributed by atoms with Crippen molar-refractivity contribution in [2.24, 2.45) is 34.5 Å². The Morgan fingerprint density at radius 3 is 2.25 bits per heavy atom. The molecule has 0 aromatic rings. The third-order valence-electron chi connectivity index (χ3n) is 9.01. The van der Waals surface area contributed by atoms with Crippen LogP contribution in [0.3, 0.4) is 0 Å². The molecular formula is C23H34O5. The summed E-state index contributed by atoms with van der Waals surface area (Å²) in [6.07, 6.45) is 7.00. The highest BCUT2D eigenvalue weighted by atomic mass is 16.5. The van der Waals surface area contributed by atoms with Gasteiger partial charge in [-0.25, -0.2) is 0 Å². The topological polar surface area (TPSA) is 69.7 Å². The molecule has 8 atom stereocenters. The van der Waals surface area contributed by atoms with Crippen LogP contribution >= 0.6 is 0 Å². The lowest BCUT2D eigenvalue weighted by Crippen LogP contribution is -2.59. The molecule has 0 unspecified atom stereocenters. The van der Waals surface area contributed by atoms with Crippen LogP contribution in [0.25, 0.3) is 0 Å². The predicted molar refractivity (Wildman–Crippen MR) is 103 cm³/mol. The predicted octanol–water partition coefficient (Wildman–Crippen LogP) is 4.07. The summed E-state index contributed by atoms with van der Waals surface area (Å²) in [5.74, 6) is 1.55. The minimum absolute atomic E-state index is 0.00147. The van der Waals surface area contributed by atoms with Crippen molar-refractivity contribution in [2.75, 3.05) is 0 Å². The molecule has 28 heavy (non-hydrogen) atoms. The summed E-state index contributed by atoms with van der Waals surface area (Å²) in [6.45, 7) is 7.63. The van der Waals surface area contributed by atoms with Crippen molar-refractivity contribution < 1.29 is 23.9 Å². The first-order valence-electron chi connectivity index (χ1n) is 11.0. The van der Waals surface area contributed by atoms with Crippen LogP contribution in [0.2, 0.25) is 0 Å². The minimum atomic E-state index is -0.244. The molecule has 0 aromatic heterocycles. The van der Waals surface area contributed by atoms with Gasteiger partial charge in [0.15, 0.2) is 0 Å². The maximum absolute atomic E-state index is 12.2. The summed E-state index contributed by atoms with van der Waals surface area (Å²) in [6, 6.07) is 0. The molecule has 4 fully saturated rings. The fraction of sp³-hybridized carbons (Fsp3) is 0.870. The van der Waals surface area contributed by atoms with E-state index in [0.29, 0.717) is 36.4 Å². The number of rotatable bonds is 2. The molecular weight excluding hydrogens is 356 g/mol. The van der Waals surface area contributed by atoms with E-state index in [2.05, 4.69) is 13.8 Å². The lowest BCUT2D eigenvalue weighted by Gasteiger charge is -2.61. The van der Waals surface area contributed by atoms with E-state index in [4.69, 9.17) is 9.47 Å². The van der Waals surface area contributed by atoms with Gasteiger partial charge in [-0.05, 0) is 61.7 Å². The highest BCUT2D eigenvalue weighted by molar-refractivity contribution is 5.80. The van der Waals surface area contributed by atoms with E-state index in [-0.39, 0.29) is 40.9 Å². The average Bonchev–Trinajstić information content (AvgIpc) is 2.92. The molecule has 4 saturated carbocycles. The van der Waals surface area contributed by atoms with Crippen LogP contribution in [0, 0.1) is 34.5 Å². The Balaban J connectivity index is 1.65. The molecule has 0 heterocycles. The molecule has 0 aliphatic heterocycles. The summed E-state index contributed by atoms with van der Waals surface area (Å²) in [5, 5.41) is 0. The third-order valence-corrected chi connectivity index (χ3v) is 9.01. The second-order valence-corrected chi connectivity index (χ2v) is 10.3. The van der Waals surface area contributed by atoms with Gasteiger partial charge in [0.25, 0.3) is 0 Å². The lowest BCUT2D eigenvalue weighted by atomic mass is 9.44. The zero-order valence-electron chi connectivity index (χ0n) is 17.7. The van der Waals surface area contributed by atoms with Crippen molar-refractivity contribution in [2.45, 2.75) is 91.3 Å². The Morgan fingerprint density at radius 2 is 1.57 bits per heavy atom. The number of ketones is 1. The quantitative estimate of drug-likeness (QED) is 0.665. The van der Waals surface area contributed by atoms with Gasteiger partial charge >= 0.3 is 11.9 Å². The lowest BCUT2D eigenvalue weighted by molar-refractivity contribution is -0.190. The molecule has 4 rings (SSSR count). The Bertz CT molecular complexity index is 686. The van der Waals surface area contributed by atoms with Crippen LogP contribution in [-0.4, -0.2) is 29.9 Å². The summed E-state index contributed by atoms with van der Waals surface area (Å²) in [7, 11) is 0. The van der Waals surface area contributed by atoms with Crippen LogP contribution in [-0.2, 0) is 23.9 Å². The Labute approximate surface area is 167 Å². The van der Waals surface area contributed by atoms with E-state index in [1.807, 2.05) is 0 Å². The number of hydrogen-bond donors (Lipinski definition) is 0. The molecule has 4 aliphatic rings. The number of esters is 2. The van der Waals surface area contributed by atoms with Crippen LogP contribution in [0.5, 0.6) is 0 Å². The summed E-state index contributed by atoms with van der Waals surface area (Å²) >= 11 is 0. The van der Waals surface area contributed by atoms with Gasteiger partial charge in [-0.3, -0.25) is 14.4 Å². The summed E-state index contributed by atoms with van der Waals surface area (Å²) in [4.78, 5) is 35.7. The van der Waals surface area contributed by atoms with E-state index in [9.17, 15) is 14.4 Å². The normalized spacial score (nSPS) is 47.5.